The first-order valence-corrected chi connectivity index (χ1v) is 5.70. The van der Waals surface area contributed by atoms with Crippen molar-refractivity contribution in [1.29, 1.82) is 0 Å². The summed E-state index contributed by atoms with van der Waals surface area (Å²) in [4.78, 5) is 6.34. The number of β-amino-alcohol motifs (C(OH)–C–C–N with tert-alkyl or cyclic N) is 1. The molecule has 1 aliphatic heterocycles. The van der Waals surface area contributed by atoms with Gasteiger partial charge in [-0.1, -0.05) is 11.6 Å². The Morgan fingerprint density at radius 1 is 1.62 bits per heavy atom. The Morgan fingerprint density at radius 3 is 3.00 bits per heavy atom. The van der Waals surface area contributed by atoms with Crippen molar-refractivity contribution in [3.63, 3.8) is 0 Å². The third-order valence-corrected chi connectivity index (χ3v) is 3.19. The zero-order chi connectivity index (χ0) is 11.8. The molecule has 0 saturated carbocycles. The lowest BCUT2D eigenvalue weighted by molar-refractivity contribution is 0.0677. The summed E-state index contributed by atoms with van der Waals surface area (Å²) in [5.74, 6) is 0.477. The number of nitrogens with two attached hydrogens (primary N) is 1. The molecule has 1 aromatic rings. The van der Waals surface area contributed by atoms with Crippen molar-refractivity contribution in [2.75, 3.05) is 18.8 Å². The number of halogens is 1. The quantitative estimate of drug-likeness (QED) is 0.819. The van der Waals surface area contributed by atoms with Gasteiger partial charge in [0.2, 0.25) is 0 Å². The molecular weight excluding hydrogens is 226 g/mol. The maximum atomic E-state index is 9.85. The third kappa shape index (κ3) is 2.64. The molecule has 0 spiro atoms. The molecule has 4 nitrogen and oxygen atoms in total. The smallest absolute Gasteiger partial charge is 0.123 e. The van der Waals surface area contributed by atoms with E-state index in [1.54, 1.807) is 12.1 Å². The Hall–Kier alpha value is -0.840. The van der Waals surface area contributed by atoms with Crippen LogP contribution >= 0.6 is 11.6 Å². The minimum Gasteiger partial charge on any atom is -0.389 e. The average molecular weight is 242 g/mol. The van der Waals surface area contributed by atoms with E-state index in [0.717, 1.165) is 18.7 Å². The van der Waals surface area contributed by atoms with Gasteiger partial charge in [0.25, 0.3) is 0 Å². The monoisotopic (exact) mass is 241 g/mol. The molecule has 0 amide bonds. The zero-order valence-corrected chi connectivity index (χ0v) is 10.0. The topological polar surface area (TPSA) is 62.4 Å². The summed E-state index contributed by atoms with van der Waals surface area (Å²) in [7, 11) is 0. The fraction of sp³-hybridized carbons (Fsp3) is 0.545. The number of nitrogens with zero attached hydrogens (tertiary/aromatic N) is 2. The minimum absolute atomic E-state index is 0.477. The summed E-state index contributed by atoms with van der Waals surface area (Å²) in [6.45, 7) is 4.00. The predicted molar refractivity (Wildman–Crippen MR) is 64.2 cm³/mol. The van der Waals surface area contributed by atoms with Gasteiger partial charge in [-0.2, -0.15) is 0 Å². The number of aromatic nitrogens is 1. The summed E-state index contributed by atoms with van der Waals surface area (Å²) in [5, 5.41) is 10.5. The highest BCUT2D eigenvalue weighted by atomic mass is 35.5. The number of pyridine rings is 1. The average Bonchev–Trinajstić information content (AvgIpc) is 2.52. The largest absolute Gasteiger partial charge is 0.389 e. The molecular formula is C11H16ClN3O. The lowest BCUT2D eigenvalue weighted by Crippen LogP contribution is -2.29. The Balaban J connectivity index is 2.07. The van der Waals surface area contributed by atoms with Crippen molar-refractivity contribution < 1.29 is 5.11 Å². The van der Waals surface area contributed by atoms with Crippen molar-refractivity contribution >= 4 is 17.4 Å². The number of anilines is 1. The maximum absolute atomic E-state index is 9.85. The second-order valence-electron chi connectivity index (χ2n) is 4.62. The first-order chi connectivity index (χ1) is 7.46. The van der Waals surface area contributed by atoms with Crippen LogP contribution in [0, 0.1) is 0 Å². The molecule has 1 unspecified atom stereocenters. The van der Waals surface area contributed by atoms with Gasteiger partial charge in [-0.25, -0.2) is 4.98 Å². The molecule has 5 heteroatoms. The maximum Gasteiger partial charge on any atom is 0.123 e. The van der Waals surface area contributed by atoms with Crippen LogP contribution in [0.5, 0.6) is 0 Å². The minimum atomic E-state index is -0.590. The number of hydrogen-bond acceptors (Lipinski definition) is 4. The van der Waals surface area contributed by atoms with Crippen molar-refractivity contribution in [2.45, 2.75) is 25.5 Å². The van der Waals surface area contributed by atoms with Crippen LogP contribution in [0.4, 0.5) is 5.82 Å². The standard InChI is InChI=1S/C11H16ClN3O/c1-11(16)4-5-15(7-11)6-9-8(12)2-3-10(13)14-9/h2-3,16H,4-7H2,1H3,(H2,13,14). The number of nitrogen functional groups attached to an aromatic ring is 1. The van der Waals surface area contributed by atoms with Gasteiger partial charge in [-0.05, 0) is 25.5 Å². The molecule has 3 N–H and O–H groups in total. The van der Waals surface area contributed by atoms with Crippen LogP contribution in [-0.2, 0) is 6.54 Å². The molecule has 0 radical (unpaired) electrons. The van der Waals surface area contributed by atoms with Crippen LogP contribution < -0.4 is 5.73 Å². The van der Waals surface area contributed by atoms with E-state index in [1.165, 1.54) is 0 Å². The Bertz CT molecular complexity index is 395. The zero-order valence-electron chi connectivity index (χ0n) is 9.28. The number of likely N-dealkylation sites (tertiary alicyclic amines) is 1. The van der Waals surface area contributed by atoms with E-state index in [9.17, 15) is 5.11 Å². The van der Waals surface area contributed by atoms with Crippen LogP contribution in [0.3, 0.4) is 0 Å². The van der Waals surface area contributed by atoms with E-state index in [0.29, 0.717) is 23.9 Å². The molecule has 0 aromatic carbocycles. The van der Waals surface area contributed by atoms with Crippen LogP contribution in [0.1, 0.15) is 19.0 Å². The number of hydrogen-bond donors (Lipinski definition) is 2. The molecule has 1 saturated heterocycles. The van der Waals surface area contributed by atoms with E-state index >= 15 is 0 Å². The summed E-state index contributed by atoms with van der Waals surface area (Å²) < 4.78 is 0. The second kappa shape index (κ2) is 4.20. The van der Waals surface area contributed by atoms with Gasteiger partial charge in [0.15, 0.2) is 0 Å². The first-order valence-electron chi connectivity index (χ1n) is 5.32. The Kier molecular flexibility index (Phi) is 3.06. The highest BCUT2D eigenvalue weighted by Crippen LogP contribution is 2.24. The Morgan fingerprint density at radius 2 is 2.38 bits per heavy atom. The molecule has 2 rings (SSSR count). The lowest BCUT2D eigenvalue weighted by atomic mass is 10.1. The fourth-order valence-electron chi connectivity index (χ4n) is 2.00. The van der Waals surface area contributed by atoms with E-state index in [4.69, 9.17) is 17.3 Å². The summed E-state index contributed by atoms with van der Waals surface area (Å²) in [6.07, 6.45) is 0.785. The van der Waals surface area contributed by atoms with Crippen molar-refractivity contribution in [2.24, 2.45) is 0 Å². The molecule has 0 aliphatic carbocycles. The highest BCUT2D eigenvalue weighted by molar-refractivity contribution is 6.31. The van der Waals surface area contributed by atoms with Gasteiger partial charge in [0, 0.05) is 19.6 Å². The second-order valence-corrected chi connectivity index (χ2v) is 5.03. The molecule has 1 atom stereocenters. The van der Waals surface area contributed by atoms with Gasteiger partial charge >= 0.3 is 0 Å². The van der Waals surface area contributed by atoms with Crippen LogP contribution in [0.15, 0.2) is 12.1 Å². The van der Waals surface area contributed by atoms with E-state index in [2.05, 4.69) is 9.88 Å². The van der Waals surface area contributed by atoms with Gasteiger partial charge in [-0.3, -0.25) is 4.90 Å². The normalized spacial score (nSPS) is 26.2. The summed E-state index contributed by atoms with van der Waals surface area (Å²) >= 11 is 6.04. The summed E-state index contributed by atoms with van der Waals surface area (Å²) in [6, 6.07) is 3.44. The van der Waals surface area contributed by atoms with Gasteiger partial charge in [-0.15, -0.1) is 0 Å². The van der Waals surface area contributed by atoms with Crippen molar-refractivity contribution in [1.82, 2.24) is 9.88 Å². The van der Waals surface area contributed by atoms with E-state index in [-0.39, 0.29) is 0 Å². The van der Waals surface area contributed by atoms with Crippen molar-refractivity contribution in [3.8, 4) is 0 Å². The predicted octanol–water partition coefficient (Wildman–Crippen LogP) is 1.27. The molecule has 16 heavy (non-hydrogen) atoms. The molecule has 88 valence electrons. The van der Waals surface area contributed by atoms with Crippen LogP contribution in [-0.4, -0.2) is 33.7 Å². The van der Waals surface area contributed by atoms with Gasteiger partial charge in [0.1, 0.15) is 5.82 Å². The van der Waals surface area contributed by atoms with Crippen LogP contribution in [0.25, 0.3) is 0 Å². The van der Waals surface area contributed by atoms with E-state index < -0.39 is 5.60 Å². The van der Waals surface area contributed by atoms with Gasteiger partial charge in [0.05, 0.1) is 16.3 Å². The fourth-order valence-corrected chi connectivity index (χ4v) is 2.16. The molecule has 0 bridgehead atoms. The molecule has 1 fully saturated rings. The lowest BCUT2D eigenvalue weighted by Gasteiger charge is -2.18. The third-order valence-electron chi connectivity index (χ3n) is 2.84. The van der Waals surface area contributed by atoms with E-state index in [1.807, 2.05) is 6.92 Å². The highest BCUT2D eigenvalue weighted by Gasteiger charge is 2.31. The summed E-state index contributed by atoms with van der Waals surface area (Å²) in [5.41, 5.74) is 5.80. The Labute approximate surface area is 100 Å². The number of aliphatic hydroxyl groups is 1. The number of rotatable bonds is 2. The first kappa shape index (κ1) is 11.6. The molecule has 2 heterocycles. The molecule has 1 aromatic heterocycles. The SMILES string of the molecule is CC1(O)CCN(Cc2nc(N)ccc2Cl)C1. The molecule has 1 aliphatic rings. The van der Waals surface area contributed by atoms with Gasteiger partial charge < -0.3 is 10.8 Å². The van der Waals surface area contributed by atoms with Crippen LogP contribution in [0.2, 0.25) is 5.02 Å². The van der Waals surface area contributed by atoms with Crippen molar-refractivity contribution in [3.05, 3.63) is 22.8 Å².